The first-order valence-electron chi connectivity index (χ1n) is 12.2. The predicted octanol–water partition coefficient (Wildman–Crippen LogP) is 4.29. The number of aryl methyl sites for hydroxylation is 1. The molecule has 208 valence electrons. The molecule has 1 amide bonds. The van der Waals surface area contributed by atoms with Crippen LogP contribution in [0.4, 0.5) is 11.4 Å². The molecule has 0 radical (unpaired) electrons. The van der Waals surface area contributed by atoms with Crippen molar-refractivity contribution in [2.24, 2.45) is 0 Å². The molecule has 0 aliphatic carbocycles. The van der Waals surface area contributed by atoms with E-state index < -0.39 is 28.4 Å². The van der Waals surface area contributed by atoms with E-state index >= 15 is 0 Å². The Morgan fingerprint density at radius 2 is 1.54 bits per heavy atom. The summed E-state index contributed by atoms with van der Waals surface area (Å²) in [6.07, 6.45) is 0.647. The van der Waals surface area contributed by atoms with Gasteiger partial charge in [0.05, 0.1) is 44.1 Å². The van der Waals surface area contributed by atoms with E-state index in [4.69, 9.17) is 18.9 Å². The summed E-state index contributed by atoms with van der Waals surface area (Å²) in [5.41, 5.74) is 1.65. The minimum atomic E-state index is -4.29. The fourth-order valence-corrected chi connectivity index (χ4v) is 5.27. The zero-order chi connectivity index (χ0) is 28.6. The Morgan fingerprint density at radius 1 is 0.846 bits per heavy atom. The number of carbonyl (C=O) groups excluding carboxylic acids is 2. The summed E-state index contributed by atoms with van der Waals surface area (Å²) in [6, 6.07) is 15.3. The molecule has 1 N–H and O–H groups in total. The van der Waals surface area contributed by atoms with Crippen LogP contribution in [-0.2, 0) is 26.0 Å². The standard InChI is InChI=1S/C28H32N2O8S/c1-6-19-10-14-23(17-26(19)37-5)39(33,34)30(24-16-22(35-3)13-15-25(24)36-4)18-27(31)29-21-11-8-20(9-12-21)28(32)38-7-2/h8-17H,6-7,18H2,1-5H3,(H,29,31). The molecule has 3 aromatic carbocycles. The predicted molar refractivity (Wildman–Crippen MR) is 147 cm³/mol. The van der Waals surface area contributed by atoms with Gasteiger partial charge in [0.15, 0.2) is 0 Å². The quantitative estimate of drug-likeness (QED) is 0.328. The average Bonchev–Trinajstić information content (AvgIpc) is 2.95. The Morgan fingerprint density at radius 3 is 2.13 bits per heavy atom. The molecule has 0 aliphatic rings. The van der Waals surface area contributed by atoms with Crippen molar-refractivity contribution in [3.05, 3.63) is 71.8 Å². The van der Waals surface area contributed by atoms with Gasteiger partial charge in [0, 0.05) is 17.8 Å². The number of hydrogen-bond donors (Lipinski definition) is 1. The molecule has 0 saturated heterocycles. The van der Waals surface area contributed by atoms with Crippen molar-refractivity contribution < 1.29 is 37.0 Å². The van der Waals surface area contributed by atoms with E-state index in [0.29, 0.717) is 29.2 Å². The first-order chi connectivity index (χ1) is 18.7. The normalized spacial score (nSPS) is 10.9. The van der Waals surface area contributed by atoms with Crippen molar-refractivity contribution in [3.63, 3.8) is 0 Å². The number of ether oxygens (including phenoxy) is 4. The van der Waals surface area contributed by atoms with Crippen LogP contribution in [-0.4, -0.2) is 54.8 Å². The summed E-state index contributed by atoms with van der Waals surface area (Å²) >= 11 is 0. The van der Waals surface area contributed by atoms with Crippen LogP contribution in [0.25, 0.3) is 0 Å². The third-order valence-corrected chi connectivity index (χ3v) is 7.60. The van der Waals surface area contributed by atoms with Crippen LogP contribution in [0.3, 0.4) is 0 Å². The van der Waals surface area contributed by atoms with Crippen LogP contribution in [0.1, 0.15) is 29.8 Å². The molecule has 0 spiro atoms. The number of hydrogen-bond acceptors (Lipinski definition) is 8. The van der Waals surface area contributed by atoms with Gasteiger partial charge in [0.2, 0.25) is 5.91 Å². The second-order valence-corrected chi connectivity index (χ2v) is 10.1. The van der Waals surface area contributed by atoms with Crippen molar-refractivity contribution in [3.8, 4) is 17.2 Å². The number of anilines is 2. The number of esters is 1. The van der Waals surface area contributed by atoms with Crippen molar-refractivity contribution in [2.45, 2.75) is 25.2 Å². The highest BCUT2D eigenvalue weighted by molar-refractivity contribution is 7.92. The number of amides is 1. The molecule has 39 heavy (non-hydrogen) atoms. The van der Waals surface area contributed by atoms with Gasteiger partial charge in [-0.05, 0) is 61.4 Å². The van der Waals surface area contributed by atoms with Gasteiger partial charge in [-0.2, -0.15) is 0 Å². The minimum Gasteiger partial charge on any atom is -0.497 e. The van der Waals surface area contributed by atoms with Gasteiger partial charge in [0.25, 0.3) is 10.0 Å². The molecule has 0 saturated carbocycles. The highest BCUT2D eigenvalue weighted by Gasteiger charge is 2.31. The zero-order valence-corrected chi connectivity index (χ0v) is 23.3. The van der Waals surface area contributed by atoms with Crippen molar-refractivity contribution in [2.75, 3.05) is 44.1 Å². The number of nitrogens with zero attached hydrogens (tertiary/aromatic N) is 1. The molecule has 3 aromatic rings. The lowest BCUT2D eigenvalue weighted by Crippen LogP contribution is -2.38. The molecule has 0 aromatic heterocycles. The summed E-state index contributed by atoms with van der Waals surface area (Å²) < 4.78 is 50.0. The van der Waals surface area contributed by atoms with E-state index in [2.05, 4.69) is 5.32 Å². The van der Waals surface area contributed by atoms with Crippen LogP contribution < -0.4 is 23.8 Å². The smallest absolute Gasteiger partial charge is 0.338 e. The van der Waals surface area contributed by atoms with Gasteiger partial charge in [0.1, 0.15) is 23.8 Å². The Balaban J connectivity index is 2.01. The molecule has 0 atom stereocenters. The molecule has 11 heteroatoms. The van der Waals surface area contributed by atoms with E-state index in [1.165, 1.54) is 63.8 Å². The van der Waals surface area contributed by atoms with Crippen LogP contribution in [0.5, 0.6) is 17.2 Å². The van der Waals surface area contributed by atoms with E-state index in [-0.39, 0.29) is 22.9 Å². The first-order valence-corrected chi connectivity index (χ1v) is 13.6. The SMILES string of the molecule is CCOC(=O)c1ccc(NC(=O)CN(c2cc(OC)ccc2OC)S(=O)(=O)c2ccc(CC)c(OC)c2)cc1. The number of methoxy groups -OCH3 is 3. The van der Waals surface area contributed by atoms with Crippen LogP contribution in [0.15, 0.2) is 65.6 Å². The molecule has 10 nitrogen and oxygen atoms in total. The van der Waals surface area contributed by atoms with Gasteiger partial charge in [-0.3, -0.25) is 9.10 Å². The van der Waals surface area contributed by atoms with Crippen LogP contribution in [0.2, 0.25) is 0 Å². The fraction of sp³-hybridized carbons (Fsp3) is 0.286. The minimum absolute atomic E-state index is 0.0620. The van der Waals surface area contributed by atoms with Gasteiger partial charge >= 0.3 is 5.97 Å². The molecular weight excluding hydrogens is 524 g/mol. The average molecular weight is 557 g/mol. The molecular formula is C28H32N2O8S. The third kappa shape index (κ3) is 6.80. The molecule has 0 unspecified atom stereocenters. The summed E-state index contributed by atoms with van der Waals surface area (Å²) in [5.74, 6) is -0.0861. The van der Waals surface area contributed by atoms with Gasteiger partial charge in [-0.1, -0.05) is 13.0 Å². The van der Waals surface area contributed by atoms with Crippen molar-refractivity contribution >= 4 is 33.3 Å². The van der Waals surface area contributed by atoms with Gasteiger partial charge < -0.3 is 24.3 Å². The summed E-state index contributed by atoms with van der Waals surface area (Å²) in [6.45, 7) is 3.30. The van der Waals surface area contributed by atoms with E-state index in [1.807, 2.05) is 6.92 Å². The summed E-state index contributed by atoms with van der Waals surface area (Å²) in [7, 11) is 0.0345. The van der Waals surface area contributed by atoms with E-state index in [0.717, 1.165) is 9.87 Å². The van der Waals surface area contributed by atoms with E-state index in [9.17, 15) is 18.0 Å². The van der Waals surface area contributed by atoms with Gasteiger partial charge in [-0.25, -0.2) is 13.2 Å². The third-order valence-electron chi connectivity index (χ3n) is 5.85. The largest absolute Gasteiger partial charge is 0.497 e. The lowest BCUT2D eigenvalue weighted by Gasteiger charge is -2.26. The monoisotopic (exact) mass is 556 g/mol. The maximum Gasteiger partial charge on any atom is 0.338 e. The van der Waals surface area contributed by atoms with Crippen LogP contribution >= 0.6 is 0 Å². The Kier molecular flexibility index (Phi) is 9.78. The van der Waals surface area contributed by atoms with Crippen molar-refractivity contribution in [1.82, 2.24) is 0 Å². The second kappa shape index (κ2) is 13.0. The number of benzene rings is 3. The number of nitrogens with one attached hydrogen (secondary N) is 1. The maximum absolute atomic E-state index is 14.0. The molecule has 0 bridgehead atoms. The second-order valence-electron chi connectivity index (χ2n) is 8.22. The highest BCUT2D eigenvalue weighted by atomic mass is 32.2. The fourth-order valence-electron chi connectivity index (χ4n) is 3.83. The summed E-state index contributed by atoms with van der Waals surface area (Å²) in [4.78, 5) is 25.0. The highest BCUT2D eigenvalue weighted by Crippen LogP contribution is 2.36. The first kappa shape index (κ1) is 29.3. The molecule has 3 rings (SSSR count). The van der Waals surface area contributed by atoms with Crippen molar-refractivity contribution in [1.29, 1.82) is 0 Å². The van der Waals surface area contributed by atoms with E-state index in [1.54, 1.807) is 25.1 Å². The van der Waals surface area contributed by atoms with Gasteiger partial charge in [-0.15, -0.1) is 0 Å². The number of sulfonamides is 1. The Hall–Kier alpha value is -4.25. The lowest BCUT2D eigenvalue weighted by molar-refractivity contribution is -0.114. The van der Waals surface area contributed by atoms with Crippen LogP contribution in [0, 0.1) is 0 Å². The number of rotatable bonds is 12. The molecule has 0 heterocycles. The molecule has 0 fully saturated rings. The Labute approximate surface area is 228 Å². The topological polar surface area (TPSA) is 120 Å². The zero-order valence-electron chi connectivity index (χ0n) is 22.5. The Bertz CT molecular complexity index is 1420. The number of carbonyl (C=O) groups is 2. The maximum atomic E-state index is 14.0. The molecule has 0 aliphatic heterocycles. The lowest BCUT2D eigenvalue weighted by atomic mass is 10.1. The summed E-state index contributed by atoms with van der Waals surface area (Å²) in [5, 5.41) is 2.68.